The fourth-order valence-corrected chi connectivity index (χ4v) is 1.96. The lowest BCUT2D eigenvalue weighted by atomic mass is 10.1. The van der Waals surface area contributed by atoms with Crippen molar-refractivity contribution < 1.29 is 9.53 Å². The van der Waals surface area contributed by atoms with E-state index >= 15 is 0 Å². The Bertz CT molecular complexity index is 594. The lowest BCUT2D eigenvalue weighted by molar-refractivity contribution is 0.262. The number of amides is 2. The molecule has 0 aliphatic carbocycles. The number of benzene rings is 2. The zero-order valence-electron chi connectivity index (χ0n) is 12.3. The molecule has 4 nitrogen and oxygen atoms in total. The molecule has 0 aromatic heterocycles. The molecule has 2 aromatic carbocycles. The molecule has 110 valence electrons. The van der Waals surface area contributed by atoms with E-state index in [0.29, 0.717) is 18.0 Å². The Balaban J connectivity index is 2.01. The molecular weight excluding hydrogens is 264 g/mol. The highest BCUT2D eigenvalue weighted by molar-refractivity contribution is 6.00. The second kappa shape index (κ2) is 7.33. The number of anilines is 2. The fourth-order valence-electron chi connectivity index (χ4n) is 1.96. The third kappa shape index (κ3) is 4.24. The van der Waals surface area contributed by atoms with E-state index in [9.17, 15) is 4.79 Å². The molecule has 0 spiro atoms. The van der Waals surface area contributed by atoms with Gasteiger partial charge in [0.15, 0.2) is 0 Å². The van der Waals surface area contributed by atoms with Gasteiger partial charge in [0.2, 0.25) is 0 Å². The van der Waals surface area contributed by atoms with E-state index in [-0.39, 0.29) is 6.03 Å². The number of para-hydroxylation sites is 2. The minimum absolute atomic E-state index is 0.286. The Kier molecular flexibility index (Phi) is 5.21. The number of aryl methyl sites for hydroxylation is 1. The maximum Gasteiger partial charge on any atom is 0.323 e. The lowest BCUT2D eigenvalue weighted by Crippen LogP contribution is -2.19. The Hall–Kier alpha value is -2.49. The summed E-state index contributed by atoms with van der Waals surface area (Å²) in [7, 11) is 0. The Morgan fingerprint density at radius 2 is 1.71 bits per heavy atom. The molecule has 0 fully saturated rings. The van der Waals surface area contributed by atoms with Gasteiger partial charge in [-0.15, -0.1) is 0 Å². The first-order chi connectivity index (χ1) is 10.2. The summed E-state index contributed by atoms with van der Waals surface area (Å²) in [6.45, 7) is 4.56. The average molecular weight is 284 g/mol. The van der Waals surface area contributed by atoms with E-state index in [2.05, 4.69) is 17.6 Å². The predicted octanol–water partition coefficient (Wildman–Crippen LogP) is 4.29. The van der Waals surface area contributed by atoms with Crippen LogP contribution in [0.1, 0.15) is 19.4 Å². The second-order valence-electron chi connectivity index (χ2n) is 4.56. The van der Waals surface area contributed by atoms with Gasteiger partial charge >= 0.3 is 6.03 Å². The third-order valence-corrected chi connectivity index (χ3v) is 3.06. The first-order valence-corrected chi connectivity index (χ1v) is 7.11. The molecule has 0 radical (unpaired) electrons. The lowest BCUT2D eigenvalue weighted by Gasteiger charge is -2.12. The molecule has 2 aromatic rings. The Morgan fingerprint density at radius 1 is 1.00 bits per heavy atom. The van der Waals surface area contributed by atoms with Crippen LogP contribution in [0.2, 0.25) is 0 Å². The van der Waals surface area contributed by atoms with Crippen molar-refractivity contribution in [3.8, 4) is 5.75 Å². The molecule has 4 heteroatoms. The highest BCUT2D eigenvalue weighted by Gasteiger charge is 2.07. The topological polar surface area (TPSA) is 50.4 Å². The van der Waals surface area contributed by atoms with Crippen LogP contribution in [0.25, 0.3) is 0 Å². The third-order valence-electron chi connectivity index (χ3n) is 3.06. The number of carbonyl (C=O) groups excluding carboxylic acids is 1. The van der Waals surface area contributed by atoms with Crippen LogP contribution >= 0.6 is 0 Å². The fraction of sp³-hybridized carbons (Fsp3) is 0.235. The van der Waals surface area contributed by atoms with Gasteiger partial charge in [-0.1, -0.05) is 31.2 Å². The number of rotatable bonds is 5. The quantitative estimate of drug-likeness (QED) is 0.860. The molecule has 2 rings (SSSR count). The van der Waals surface area contributed by atoms with Gasteiger partial charge in [-0.25, -0.2) is 4.79 Å². The number of carbonyl (C=O) groups is 1. The minimum atomic E-state index is -0.286. The number of nitrogens with one attached hydrogen (secondary N) is 2. The molecular formula is C17H20N2O2. The summed E-state index contributed by atoms with van der Waals surface area (Å²) in [6, 6.07) is 14.9. The van der Waals surface area contributed by atoms with Crippen LogP contribution in [0.5, 0.6) is 5.75 Å². The summed E-state index contributed by atoms with van der Waals surface area (Å²) in [6.07, 6.45) is 0.980. The number of urea groups is 1. The van der Waals surface area contributed by atoms with E-state index in [1.807, 2.05) is 55.5 Å². The maximum atomic E-state index is 12.0. The standard InChI is InChI=1S/C17H20N2O2/c1-3-13-9-11-14(12-10-13)18-17(20)19-15-7-5-6-8-16(15)21-4-2/h5-12H,3-4H2,1-2H3,(H2,18,19,20). The summed E-state index contributed by atoms with van der Waals surface area (Å²) in [5.41, 5.74) is 2.66. The van der Waals surface area contributed by atoms with Crippen LogP contribution in [-0.4, -0.2) is 12.6 Å². The van der Waals surface area contributed by atoms with Gasteiger partial charge in [-0.05, 0) is 43.2 Å². The predicted molar refractivity (Wildman–Crippen MR) is 86.1 cm³/mol. The summed E-state index contributed by atoms with van der Waals surface area (Å²) >= 11 is 0. The number of ether oxygens (including phenoxy) is 1. The molecule has 21 heavy (non-hydrogen) atoms. The van der Waals surface area contributed by atoms with Crippen molar-refractivity contribution in [1.82, 2.24) is 0 Å². The number of hydrogen-bond acceptors (Lipinski definition) is 2. The molecule has 2 N–H and O–H groups in total. The van der Waals surface area contributed by atoms with Gasteiger partial charge in [0.25, 0.3) is 0 Å². The highest BCUT2D eigenvalue weighted by Crippen LogP contribution is 2.23. The molecule has 0 saturated carbocycles. The van der Waals surface area contributed by atoms with Gasteiger partial charge in [0.05, 0.1) is 12.3 Å². The van der Waals surface area contributed by atoms with Gasteiger partial charge in [-0.3, -0.25) is 0 Å². The smallest absolute Gasteiger partial charge is 0.323 e. The van der Waals surface area contributed by atoms with E-state index in [4.69, 9.17) is 4.74 Å². The van der Waals surface area contributed by atoms with Gasteiger partial charge < -0.3 is 15.4 Å². The van der Waals surface area contributed by atoms with Crippen molar-refractivity contribution in [2.24, 2.45) is 0 Å². The molecule has 0 atom stereocenters. The van der Waals surface area contributed by atoms with Crippen LogP contribution in [-0.2, 0) is 6.42 Å². The molecule has 0 saturated heterocycles. The minimum Gasteiger partial charge on any atom is -0.492 e. The monoisotopic (exact) mass is 284 g/mol. The average Bonchev–Trinajstić information content (AvgIpc) is 2.50. The maximum absolute atomic E-state index is 12.0. The van der Waals surface area contributed by atoms with Crippen molar-refractivity contribution >= 4 is 17.4 Å². The van der Waals surface area contributed by atoms with E-state index in [1.165, 1.54) is 5.56 Å². The first kappa shape index (κ1) is 14.9. The summed E-state index contributed by atoms with van der Waals surface area (Å²) in [4.78, 5) is 12.0. The second-order valence-corrected chi connectivity index (χ2v) is 4.56. The van der Waals surface area contributed by atoms with Crippen molar-refractivity contribution in [2.75, 3.05) is 17.2 Å². The summed E-state index contributed by atoms with van der Waals surface area (Å²) < 4.78 is 5.48. The first-order valence-electron chi connectivity index (χ1n) is 7.11. The molecule has 0 aliphatic rings. The summed E-state index contributed by atoms with van der Waals surface area (Å²) in [5.74, 6) is 0.663. The zero-order chi connectivity index (χ0) is 15.1. The van der Waals surface area contributed by atoms with Crippen LogP contribution in [0.3, 0.4) is 0 Å². The van der Waals surface area contributed by atoms with Crippen molar-refractivity contribution in [3.63, 3.8) is 0 Å². The molecule has 0 heterocycles. The van der Waals surface area contributed by atoms with Crippen LogP contribution < -0.4 is 15.4 Å². The van der Waals surface area contributed by atoms with Gasteiger partial charge in [0, 0.05) is 5.69 Å². The highest BCUT2D eigenvalue weighted by atomic mass is 16.5. The van der Waals surface area contributed by atoms with Gasteiger partial charge in [0.1, 0.15) is 5.75 Å². The molecule has 0 bridgehead atoms. The Labute approximate surface area is 125 Å². The summed E-state index contributed by atoms with van der Waals surface area (Å²) in [5, 5.41) is 5.60. The van der Waals surface area contributed by atoms with Crippen molar-refractivity contribution in [1.29, 1.82) is 0 Å². The normalized spacial score (nSPS) is 10.0. The SMILES string of the molecule is CCOc1ccccc1NC(=O)Nc1ccc(CC)cc1. The largest absolute Gasteiger partial charge is 0.492 e. The van der Waals surface area contributed by atoms with Crippen LogP contribution in [0, 0.1) is 0 Å². The van der Waals surface area contributed by atoms with Crippen LogP contribution in [0.4, 0.5) is 16.2 Å². The van der Waals surface area contributed by atoms with E-state index in [1.54, 1.807) is 0 Å². The van der Waals surface area contributed by atoms with Crippen molar-refractivity contribution in [3.05, 3.63) is 54.1 Å². The van der Waals surface area contributed by atoms with Gasteiger partial charge in [-0.2, -0.15) is 0 Å². The zero-order valence-corrected chi connectivity index (χ0v) is 12.3. The van der Waals surface area contributed by atoms with Crippen molar-refractivity contribution in [2.45, 2.75) is 20.3 Å². The molecule has 0 unspecified atom stereocenters. The van der Waals surface area contributed by atoms with E-state index in [0.717, 1.165) is 12.1 Å². The van der Waals surface area contributed by atoms with Crippen LogP contribution in [0.15, 0.2) is 48.5 Å². The Morgan fingerprint density at radius 3 is 2.38 bits per heavy atom. The molecule has 2 amide bonds. The van der Waals surface area contributed by atoms with E-state index < -0.39 is 0 Å². The molecule has 0 aliphatic heterocycles. The number of hydrogen-bond donors (Lipinski definition) is 2.